The van der Waals surface area contributed by atoms with Crippen LogP contribution in [0.15, 0.2) is 36.5 Å². The molecule has 2 aromatic heterocycles. The largest absolute Gasteiger partial charge is 0.364 e. The Labute approximate surface area is 108 Å². The monoisotopic (exact) mass is 259 g/mol. The van der Waals surface area contributed by atoms with Crippen molar-refractivity contribution in [1.82, 2.24) is 20.2 Å². The molecule has 90 valence electrons. The second-order valence-corrected chi connectivity index (χ2v) is 4.13. The van der Waals surface area contributed by atoms with E-state index in [1.165, 1.54) is 0 Å². The van der Waals surface area contributed by atoms with Crippen LogP contribution in [0, 0.1) is 0 Å². The smallest absolute Gasteiger partial charge is 0.224 e. The fourth-order valence-electron chi connectivity index (χ4n) is 1.75. The topological polar surface area (TPSA) is 66.5 Å². The number of aromatic nitrogens is 4. The molecule has 0 aliphatic carbocycles. The van der Waals surface area contributed by atoms with E-state index in [9.17, 15) is 0 Å². The van der Waals surface area contributed by atoms with Crippen LogP contribution in [0.1, 0.15) is 5.69 Å². The molecule has 0 saturated carbocycles. The molecule has 0 atom stereocenters. The Morgan fingerprint density at radius 1 is 1.17 bits per heavy atom. The van der Waals surface area contributed by atoms with Gasteiger partial charge in [0.2, 0.25) is 5.28 Å². The van der Waals surface area contributed by atoms with Crippen LogP contribution in [-0.4, -0.2) is 20.2 Å². The van der Waals surface area contributed by atoms with Crippen LogP contribution in [0.5, 0.6) is 0 Å². The number of fused-ring (bicyclic) bond motifs is 1. The van der Waals surface area contributed by atoms with Gasteiger partial charge in [0.1, 0.15) is 5.82 Å². The number of benzene rings is 1. The number of nitrogens with zero attached hydrogens (tertiary/aromatic N) is 3. The normalized spacial score (nSPS) is 10.7. The number of halogens is 1. The fraction of sp³-hybridized carbons (Fsp3) is 0.0833. The summed E-state index contributed by atoms with van der Waals surface area (Å²) in [4.78, 5) is 8.39. The molecule has 0 fully saturated rings. The van der Waals surface area contributed by atoms with Crippen molar-refractivity contribution in [2.45, 2.75) is 6.54 Å². The lowest BCUT2D eigenvalue weighted by Gasteiger charge is -2.07. The van der Waals surface area contributed by atoms with Gasteiger partial charge in [0.15, 0.2) is 0 Å². The number of H-pyrrole nitrogens is 1. The van der Waals surface area contributed by atoms with Crippen LogP contribution in [0.4, 0.5) is 5.82 Å². The first-order valence-corrected chi connectivity index (χ1v) is 5.85. The molecule has 0 unspecified atom stereocenters. The van der Waals surface area contributed by atoms with Crippen molar-refractivity contribution >= 4 is 28.3 Å². The maximum absolute atomic E-state index is 5.90. The minimum absolute atomic E-state index is 0.237. The molecule has 0 aliphatic heterocycles. The lowest BCUT2D eigenvalue weighted by molar-refractivity contribution is 0.975. The Hall–Kier alpha value is -2.14. The number of aromatic amines is 1. The highest BCUT2D eigenvalue weighted by molar-refractivity contribution is 6.28. The van der Waals surface area contributed by atoms with E-state index in [4.69, 9.17) is 11.6 Å². The lowest BCUT2D eigenvalue weighted by Crippen LogP contribution is -2.03. The zero-order valence-electron chi connectivity index (χ0n) is 9.39. The summed E-state index contributed by atoms with van der Waals surface area (Å²) in [5, 5.41) is 11.2. The molecule has 0 saturated heterocycles. The Balaban J connectivity index is 1.95. The molecule has 0 spiro atoms. The van der Waals surface area contributed by atoms with E-state index in [1.807, 2.05) is 30.3 Å². The highest BCUT2D eigenvalue weighted by Gasteiger charge is 2.05. The molecule has 0 aliphatic rings. The third kappa shape index (κ3) is 2.12. The van der Waals surface area contributed by atoms with E-state index in [2.05, 4.69) is 25.5 Å². The molecular formula is C12H10ClN5. The molecule has 3 rings (SSSR count). The Kier molecular flexibility index (Phi) is 2.82. The van der Waals surface area contributed by atoms with Crippen molar-refractivity contribution in [2.75, 3.05) is 5.32 Å². The van der Waals surface area contributed by atoms with Gasteiger partial charge in [-0.3, -0.25) is 5.10 Å². The first-order chi connectivity index (χ1) is 8.83. The zero-order valence-corrected chi connectivity index (χ0v) is 10.1. The summed E-state index contributed by atoms with van der Waals surface area (Å²) < 4.78 is 0. The Morgan fingerprint density at radius 3 is 2.89 bits per heavy atom. The van der Waals surface area contributed by atoms with Crippen LogP contribution >= 0.6 is 11.6 Å². The Bertz CT molecular complexity index is 665. The Morgan fingerprint density at radius 2 is 2.06 bits per heavy atom. The van der Waals surface area contributed by atoms with Crippen molar-refractivity contribution in [3.63, 3.8) is 0 Å². The first-order valence-electron chi connectivity index (χ1n) is 5.47. The molecule has 18 heavy (non-hydrogen) atoms. The van der Waals surface area contributed by atoms with Crippen molar-refractivity contribution in [1.29, 1.82) is 0 Å². The van der Waals surface area contributed by atoms with Gasteiger partial charge in [-0.2, -0.15) is 5.10 Å². The third-order valence-corrected chi connectivity index (χ3v) is 2.75. The molecule has 0 bridgehead atoms. The lowest BCUT2D eigenvalue weighted by atomic mass is 10.2. The number of nitrogens with one attached hydrogen (secondary N) is 2. The number of rotatable bonds is 3. The van der Waals surface area contributed by atoms with Gasteiger partial charge in [-0.05, 0) is 29.8 Å². The number of hydrogen-bond donors (Lipinski definition) is 2. The zero-order chi connectivity index (χ0) is 12.4. The van der Waals surface area contributed by atoms with Crippen molar-refractivity contribution in [3.05, 3.63) is 47.5 Å². The van der Waals surface area contributed by atoms with Gasteiger partial charge in [0.25, 0.3) is 0 Å². The SMILES string of the molecule is Clc1nc(NCc2ccn[nH]2)c2ccccc2n1. The summed E-state index contributed by atoms with van der Waals surface area (Å²) in [7, 11) is 0. The summed E-state index contributed by atoms with van der Waals surface area (Å²) in [5.41, 5.74) is 1.80. The van der Waals surface area contributed by atoms with Crippen LogP contribution in [0.25, 0.3) is 10.9 Å². The highest BCUT2D eigenvalue weighted by Crippen LogP contribution is 2.21. The predicted molar refractivity (Wildman–Crippen MR) is 70.5 cm³/mol. The number of para-hydroxylation sites is 1. The quantitative estimate of drug-likeness (QED) is 0.710. The third-order valence-electron chi connectivity index (χ3n) is 2.58. The number of hydrogen-bond acceptors (Lipinski definition) is 4. The maximum atomic E-state index is 5.90. The summed E-state index contributed by atoms with van der Waals surface area (Å²) in [6, 6.07) is 9.63. The molecule has 2 heterocycles. The maximum Gasteiger partial charge on any atom is 0.224 e. The first kappa shape index (κ1) is 11.0. The van der Waals surface area contributed by atoms with Crippen LogP contribution in [-0.2, 0) is 6.54 Å². The molecule has 0 amide bonds. The van der Waals surface area contributed by atoms with Crippen LogP contribution in [0.3, 0.4) is 0 Å². The number of anilines is 1. The molecular weight excluding hydrogens is 250 g/mol. The summed E-state index contributed by atoms with van der Waals surface area (Å²) in [6.07, 6.45) is 1.71. The van der Waals surface area contributed by atoms with E-state index >= 15 is 0 Å². The molecule has 1 aromatic carbocycles. The molecule has 0 radical (unpaired) electrons. The van der Waals surface area contributed by atoms with Gasteiger partial charge in [0, 0.05) is 11.6 Å². The summed E-state index contributed by atoms with van der Waals surface area (Å²) in [5.74, 6) is 0.722. The second kappa shape index (κ2) is 4.62. The van der Waals surface area contributed by atoms with E-state index in [0.717, 1.165) is 22.4 Å². The van der Waals surface area contributed by atoms with E-state index in [-0.39, 0.29) is 5.28 Å². The van der Waals surface area contributed by atoms with E-state index < -0.39 is 0 Å². The minimum Gasteiger partial charge on any atom is -0.364 e. The van der Waals surface area contributed by atoms with Gasteiger partial charge in [-0.1, -0.05) is 12.1 Å². The predicted octanol–water partition coefficient (Wildman–Crippen LogP) is 2.62. The average Bonchev–Trinajstić information content (AvgIpc) is 2.89. The van der Waals surface area contributed by atoms with Crippen LogP contribution < -0.4 is 5.32 Å². The van der Waals surface area contributed by atoms with E-state index in [0.29, 0.717) is 6.54 Å². The molecule has 6 heteroatoms. The van der Waals surface area contributed by atoms with Crippen LogP contribution in [0.2, 0.25) is 5.28 Å². The van der Waals surface area contributed by atoms with Crippen molar-refractivity contribution < 1.29 is 0 Å². The second-order valence-electron chi connectivity index (χ2n) is 3.79. The highest BCUT2D eigenvalue weighted by atomic mass is 35.5. The average molecular weight is 260 g/mol. The van der Waals surface area contributed by atoms with Gasteiger partial charge in [-0.15, -0.1) is 0 Å². The molecule has 5 nitrogen and oxygen atoms in total. The van der Waals surface area contributed by atoms with Crippen molar-refractivity contribution in [2.24, 2.45) is 0 Å². The van der Waals surface area contributed by atoms with Gasteiger partial charge in [-0.25, -0.2) is 9.97 Å². The summed E-state index contributed by atoms with van der Waals surface area (Å²) >= 11 is 5.90. The standard InChI is InChI=1S/C12H10ClN5/c13-12-16-10-4-2-1-3-9(10)11(17-12)14-7-8-5-6-15-18-8/h1-6H,7H2,(H,15,18)(H,14,16,17). The molecule has 2 N–H and O–H groups in total. The fourth-order valence-corrected chi connectivity index (χ4v) is 1.92. The summed E-state index contributed by atoms with van der Waals surface area (Å²) in [6.45, 7) is 0.608. The minimum atomic E-state index is 0.237. The van der Waals surface area contributed by atoms with Gasteiger partial charge < -0.3 is 5.32 Å². The molecule has 3 aromatic rings. The van der Waals surface area contributed by atoms with Gasteiger partial charge >= 0.3 is 0 Å². The van der Waals surface area contributed by atoms with Crippen molar-refractivity contribution in [3.8, 4) is 0 Å². The van der Waals surface area contributed by atoms with E-state index in [1.54, 1.807) is 6.20 Å². The van der Waals surface area contributed by atoms with Gasteiger partial charge in [0.05, 0.1) is 17.8 Å².